The predicted octanol–water partition coefficient (Wildman–Crippen LogP) is 3.20. The molecule has 0 unspecified atom stereocenters. The van der Waals surface area contributed by atoms with Gasteiger partial charge >= 0.3 is 6.03 Å². The molecule has 1 aromatic heterocycles. The summed E-state index contributed by atoms with van der Waals surface area (Å²) < 4.78 is 0. The lowest BCUT2D eigenvalue weighted by atomic mass is 10.2. The minimum atomic E-state index is -0.0141. The molecule has 1 aromatic carbocycles. The molecule has 1 aliphatic rings. The maximum atomic E-state index is 11.6. The molecule has 1 fully saturated rings. The van der Waals surface area contributed by atoms with E-state index in [4.69, 9.17) is 0 Å². The first kappa shape index (κ1) is 13.0. The first-order chi connectivity index (χ1) is 9.72. The van der Waals surface area contributed by atoms with Crippen LogP contribution in [0.3, 0.4) is 0 Å². The van der Waals surface area contributed by atoms with Crippen molar-refractivity contribution in [1.29, 1.82) is 0 Å². The number of urea groups is 1. The van der Waals surface area contributed by atoms with Crippen LogP contribution in [0.5, 0.6) is 0 Å². The SMILES string of the molecule is Cc1ccc(CNc2ccc(N3CCNC3=O)cc2)s1. The Kier molecular flexibility index (Phi) is 3.60. The summed E-state index contributed by atoms with van der Waals surface area (Å²) in [5.74, 6) is 0. The summed E-state index contributed by atoms with van der Waals surface area (Å²) >= 11 is 1.81. The van der Waals surface area contributed by atoms with Crippen LogP contribution in [0.4, 0.5) is 16.2 Å². The van der Waals surface area contributed by atoms with Gasteiger partial charge in [0, 0.05) is 40.8 Å². The van der Waals surface area contributed by atoms with E-state index < -0.39 is 0 Å². The largest absolute Gasteiger partial charge is 0.380 e. The summed E-state index contributed by atoms with van der Waals surface area (Å²) in [6.07, 6.45) is 0. The highest BCUT2D eigenvalue weighted by Crippen LogP contribution is 2.21. The third kappa shape index (κ3) is 2.77. The molecule has 2 N–H and O–H groups in total. The third-order valence-corrected chi connectivity index (χ3v) is 4.30. The highest BCUT2D eigenvalue weighted by atomic mass is 32.1. The van der Waals surface area contributed by atoms with Gasteiger partial charge in [0.1, 0.15) is 0 Å². The molecule has 1 aliphatic heterocycles. The van der Waals surface area contributed by atoms with Crippen molar-refractivity contribution < 1.29 is 4.79 Å². The van der Waals surface area contributed by atoms with Crippen molar-refractivity contribution in [3.8, 4) is 0 Å². The molecule has 5 heteroatoms. The van der Waals surface area contributed by atoms with Crippen LogP contribution in [-0.2, 0) is 6.54 Å². The molecule has 0 bridgehead atoms. The molecule has 20 heavy (non-hydrogen) atoms. The molecule has 2 aromatic rings. The van der Waals surface area contributed by atoms with Crippen LogP contribution in [0.2, 0.25) is 0 Å². The molecule has 3 rings (SSSR count). The Morgan fingerprint density at radius 3 is 2.65 bits per heavy atom. The van der Waals surface area contributed by atoms with E-state index in [0.29, 0.717) is 0 Å². The number of thiophene rings is 1. The van der Waals surface area contributed by atoms with Crippen LogP contribution in [-0.4, -0.2) is 19.1 Å². The number of rotatable bonds is 4. The van der Waals surface area contributed by atoms with Crippen LogP contribution in [0, 0.1) is 6.92 Å². The summed E-state index contributed by atoms with van der Waals surface area (Å²) in [7, 11) is 0. The van der Waals surface area contributed by atoms with Gasteiger partial charge in [-0.2, -0.15) is 0 Å². The Morgan fingerprint density at radius 1 is 1.25 bits per heavy atom. The molecule has 0 saturated carbocycles. The van der Waals surface area contributed by atoms with Gasteiger partial charge in [-0.25, -0.2) is 4.79 Å². The quantitative estimate of drug-likeness (QED) is 0.907. The number of carbonyl (C=O) groups excluding carboxylic acids is 1. The first-order valence-electron chi connectivity index (χ1n) is 6.67. The molecule has 0 atom stereocenters. The Morgan fingerprint density at radius 2 is 2.05 bits per heavy atom. The number of benzene rings is 1. The summed E-state index contributed by atoms with van der Waals surface area (Å²) in [6, 6.07) is 12.3. The van der Waals surface area contributed by atoms with Gasteiger partial charge in [-0.1, -0.05) is 0 Å². The normalized spacial score (nSPS) is 14.4. The average molecular weight is 287 g/mol. The monoisotopic (exact) mass is 287 g/mol. The molecule has 0 radical (unpaired) electrons. The van der Waals surface area contributed by atoms with Gasteiger partial charge in [-0.15, -0.1) is 11.3 Å². The average Bonchev–Trinajstić information content (AvgIpc) is 3.06. The van der Waals surface area contributed by atoms with Gasteiger partial charge < -0.3 is 10.6 Å². The van der Waals surface area contributed by atoms with Gasteiger partial charge in [0.05, 0.1) is 0 Å². The lowest BCUT2D eigenvalue weighted by Gasteiger charge is -2.14. The maximum absolute atomic E-state index is 11.6. The Bertz CT molecular complexity index is 606. The second kappa shape index (κ2) is 5.54. The van der Waals surface area contributed by atoms with Crippen molar-refractivity contribution in [2.24, 2.45) is 0 Å². The van der Waals surface area contributed by atoms with Crippen LogP contribution >= 0.6 is 11.3 Å². The number of hydrogen-bond acceptors (Lipinski definition) is 3. The second-order valence-electron chi connectivity index (χ2n) is 4.80. The van der Waals surface area contributed by atoms with Crippen molar-refractivity contribution in [1.82, 2.24) is 5.32 Å². The summed E-state index contributed by atoms with van der Waals surface area (Å²) in [6.45, 7) is 4.41. The molecule has 0 spiro atoms. The van der Waals surface area contributed by atoms with Crippen molar-refractivity contribution in [3.63, 3.8) is 0 Å². The van der Waals surface area contributed by atoms with E-state index in [-0.39, 0.29) is 6.03 Å². The molecule has 0 aliphatic carbocycles. The standard InChI is InChI=1S/C15H17N3OS/c1-11-2-7-14(20-11)10-17-12-3-5-13(6-4-12)18-9-8-16-15(18)19/h2-7,17H,8-10H2,1H3,(H,16,19). The minimum Gasteiger partial charge on any atom is -0.380 e. The summed E-state index contributed by atoms with van der Waals surface area (Å²) in [5, 5.41) is 6.20. The highest BCUT2D eigenvalue weighted by molar-refractivity contribution is 7.11. The zero-order valence-electron chi connectivity index (χ0n) is 11.3. The minimum absolute atomic E-state index is 0.0141. The zero-order chi connectivity index (χ0) is 13.9. The van der Waals surface area contributed by atoms with Crippen LogP contribution in [0.1, 0.15) is 9.75 Å². The lowest BCUT2D eigenvalue weighted by Crippen LogP contribution is -2.27. The molecule has 4 nitrogen and oxygen atoms in total. The van der Waals surface area contributed by atoms with E-state index in [1.165, 1.54) is 9.75 Å². The van der Waals surface area contributed by atoms with Crippen molar-refractivity contribution in [2.45, 2.75) is 13.5 Å². The number of carbonyl (C=O) groups is 1. The van der Waals surface area contributed by atoms with E-state index >= 15 is 0 Å². The van der Waals surface area contributed by atoms with Gasteiger partial charge in [0.25, 0.3) is 0 Å². The number of nitrogens with zero attached hydrogens (tertiary/aromatic N) is 1. The first-order valence-corrected chi connectivity index (χ1v) is 7.49. The fourth-order valence-corrected chi connectivity index (χ4v) is 3.08. The molecule has 104 valence electrons. The molecule has 1 saturated heterocycles. The van der Waals surface area contributed by atoms with E-state index in [1.807, 2.05) is 35.6 Å². The van der Waals surface area contributed by atoms with Gasteiger partial charge in [0.2, 0.25) is 0 Å². The topological polar surface area (TPSA) is 44.4 Å². The van der Waals surface area contributed by atoms with E-state index in [2.05, 4.69) is 29.7 Å². The number of nitrogens with one attached hydrogen (secondary N) is 2. The Balaban J connectivity index is 1.62. The smallest absolute Gasteiger partial charge is 0.321 e. The lowest BCUT2D eigenvalue weighted by molar-refractivity contribution is 0.252. The zero-order valence-corrected chi connectivity index (χ0v) is 12.2. The number of hydrogen-bond donors (Lipinski definition) is 2. The van der Waals surface area contributed by atoms with E-state index in [9.17, 15) is 4.79 Å². The predicted molar refractivity (Wildman–Crippen MR) is 83.6 cm³/mol. The summed E-state index contributed by atoms with van der Waals surface area (Å²) in [4.78, 5) is 16.0. The van der Waals surface area contributed by atoms with Crippen molar-refractivity contribution in [3.05, 3.63) is 46.2 Å². The van der Waals surface area contributed by atoms with E-state index in [0.717, 1.165) is 31.0 Å². The fourth-order valence-electron chi connectivity index (χ4n) is 2.25. The third-order valence-electron chi connectivity index (χ3n) is 3.30. The highest BCUT2D eigenvalue weighted by Gasteiger charge is 2.20. The van der Waals surface area contributed by atoms with Crippen molar-refractivity contribution >= 4 is 28.7 Å². The second-order valence-corrected chi connectivity index (χ2v) is 6.17. The molecule has 2 heterocycles. The van der Waals surface area contributed by atoms with Crippen LogP contribution < -0.4 is 15.5 Å². The van der Waals surface area contributed by atoms with Gasteiger partial charge in [-0.3, -0.25) is 4.90 Å². The number of amides is 2. The fraction of sp³-hybridized carbons (Fsp3) is 0.267. The Labute approximate surface area is 122 Å². The number of aryl methyl sites for hydroxylation is 1. The number of anilines is 2. The van der Waals surface area contributed by atoms with Gasteiger partial charge in [0.15, 0.2) is 0 Å². The van der Waals surface area contributed by atoms with Crippen molar-refractivity contribution in [2.75, 3.05) is 23.3 Å². The molecular weight excluding hydrogens is 270 g/mol. The molecular formula is C15H17N3OS. The maximum Gasteiger partial charge on any atom is 0.321 e. The van der Waals surface area contributed by atoms with Gasteiger partial charge in [-0.05, 0) is 43.3 Å². The van der Waals surface area contributed by atoms with Crippen LogP contribution in [0.15, 0.2) is 36.4 Å². The summed E-state index contributed by atoms with van der Waals surface area (Å²) in [5.41, 5.74) is 2.01. The van der Waals surface area contributed by atoms with Crippen LogP contribution in [0.25, 0.3) is 0 Å². The van der Waals surface area contributed by atoms with E-state index in [1.54, 1.807) is 4.90 Å². The Hall–Kier alpha value is -2.01. The molecule has 2 amide bonds.